The van der Waals surface area contributed by atoms with E-state index in [9.17, 15) is 10.1 Å². The van der Waals surface area contributed by atoms with Crippen molar-refractivity contribution in [3.63, 3.8) is 0 Å². The molecule has 0 bridgehead atoms. The number of aromatic nitrogens is 2. The SMILES string of the molecule is O=[N+]([O-])c1ccc(-n2cc(Cl)cn2)cc1CO. The molecule has 0 atom stereocenters. The van der Waals surface area contributed by atoms with Crippen molar-refractivity contribution in [2.24, 2.45) is 0 Å². The van der Waals surface area contributed by atoms with Gasteiger partial charge in [0.2, 0.25) is 0 Å². The fourth-order valence-corrected chi connectivity index (χ4v) is 1.60. The average molecular weight is 254 g/mol. The van der Waals surface area contributed by atoms with Gasteiger partial charge >= 0.3 is 0 Å². The molecule has 17 heavy (non-hydrogen) atoms. The van der Waals surface area contributed by atoms with Gasteiger partial charge in [0, 0.05) is 12.3 Å². The zero-order chi connectivity index (χ0) is 12.4. The van der Waals surface area contributed by atoms with Crippen LogP contribution >= 0.6 is 11.6 Å². The standard InChI is InChI=1S/C10H8ClN3O3/c11-8-4-12-13(5-8)9-1-2-10(14(16)17)7(3-9)6-15/h1-5,15H,6H2. The van der Waals surface area contributed by atoms with E-state index in [1.807, 2.05) is 0 Å². The number of hydrogen-bond donors (Lipinski definition) is 1. The zero-order valence-corrected chi connectivity index (χ0v) is 9.33. The van der Waals surface area contributed by atoms with Crippen molar-refractivity contribution in [2.75, 3.05) is 0 Å². The molecule has 0 aliphatic rings. The first-order valence-electron chi connectivity index (χ1n) is 4.70. The van der Waals surface area contributed by atoms with Crippen molar-refractivity contribution in [2.45, 2.75) is 6.61 Å². The van der Waals surface area contributed by atoms with E-state index in [1.165, 1.54) is 23.0 Å². The molecule has 2 aromatic rings. The van der Waals surface area contributed by atoms with Crippen molar-refractivity contribution >= 4 is 17.3 Å². The van der Waals surface area contributed by atoms with E-state index < -0.39 is 11.5 Å². The van der Waals surface area contributed by atoms with Crippen LogP contribution in [0.3, 0.4) is 0 Å². The highest BCUT2D eigenvalue weighted by molar-refractivity contribution is 6.30. The van der Waals surface area contributed by atoms with E-state index >= 15 is 0 Å². The molecule has 0 radical (unpaired) electrons. The van der Waals surface area contributed by atoms with Gasteiger partial charge in [-0.3, -0.25) is 10.1 Å². The Morgan fingerprint density at radius 3 is 2.82 bits per heavy atom. The number of hydrogen-bond acceptors (Lipinski definition) is 4. The number of aliphatic hydroxyl groups excluding tert-OH is 1. The minimum absolute atomic E-state index is 0.116. The summed E-state index contributed by atoms with van der Waals surface area (Å²) >= 11 is 5.72. The molecule has 2 rings (SSSR count). The third-order valence-corrected chi connectivity index (χ3v) is 2.44. The van der Waals surface area contributed by atoms with Crippen molar-refractivity contribution in [3.05, 3.63) is 51.3 Å². The Hall–Kier alpha value is -1.92. The van der Waals surface area contributed by atoms with E-state index in [1.54, 1.807) is 12.3 Å². The summed E-state index contributed by atoms with van der Waals surface area (Å²) in [4.78, 5) is 10.1. The van der Waals surface area contributed by atoms with E-state index in [0.29, 0.717) is 10.7 Å². The maximum Gasteiger partial charge on any atom is 0.275 e. The quantitative estimate of drug-likeness (QED) is 0.669. The fraction of sp³-hybridized carbons (Fsp3) is 0.100. The molecule has 0 spiro atoms. The second-order valence-corrected chi connectivity index (χ2v) is 3.77. The summed E-state index contributed by atoms with van der Waals surface area (Å²) in [5.74, 6) is 0. The van der Waals surface area contributed by atoms with Crippen molar-refractivity contribution < 1.29 is 10.0 Å². The third kappa shape index (κ3) is 2.27. The lowest BCUT2D eigenvalue weighted by molar-refractivity contribution is -0.385. The number of nitro groups is 1. The highest BCUT2D eigenvalue weighted by Crippen LogP contribution is 2.22. The summed E-state index contributed by atoms with van der Waals surface area (Å²) in [5.41, 5.74) is 0.722. The lowest BCUT2D eigenvalue weighted by Gasteiger charge is -2.04. The first kappa shape index (κ1) is 11.6. The minimum atomic E-state index is -0.536. The maximum atomic E-state index is 10.7. The van der Waals surface area contributed by atoms with E-state index in [2.05, 4.69) is 5.10 Å². The molecule has 0 fully saturated rings. The molecule has 1 aromatic carbocycles. The smallest absolute Gasteiger partial charge is 0.275 e. The lowest BCUT2D eigenvalue weighted by Crippen LogP contribution is -1.99. The highest BCUT2D eigenvalue weighted by Gasteiger charge is 2.14. The van der Waals surface area contributed by atoms with Gasteiger partial charge < -0.3 is 5.11 Å². The molecule has 0 amide bonds. The Morgan fingerprint density at radius 2 is 2.29 bits per heavy atom. The molecule has 0 saturated heterocycles. The van der Waals surface area contributed by atoms with Crippen LogP contribution < -0.4 is 0 Å². The summed E-state index contributed by atoms with van der Waals surface area (Å²) in [6.07, 6.45) is 3.03. The molecule has 0 saturated carbocycles. The average Bonchev–Trinajstić information content (AvgIpc) is 2.75. The summed E-state index contributed by atoms with van der Waals surface area (Å²) in [6.45, 7) is -0.404. The topological polar surface area (TPSA) is 81.2 Å². The molecule has 1 N–H and O–H groups in total. The van der Waals surface area contributed by atoms with Crippen molar-refractivity contribution in [1.29, 1.82) is 0 Å². The molecule has 1 heterocycles. The number of nitrogens with zero attached hydrogens (tertiary/aromatic N) is 3. The van der Waals surface area contributed by atoms with Gasteiger partial charge in [-0.05, 0) is 12.1 Å². The molecule has 0 unspecified atom stereocenters. The van der Waals surface area contributed by atoms with Crippen LogP contribution in [0, 0.1) is 10.1 Å². The molecule has 0 aliphatic heterocycles. The summed E-state index contributed by atoms with van der Waals surface area (Å²) in [5, 5.41) is 24.2. The first-order valence-corrected chi connectivity index (χ1v) is 5.08. The first-order chi connectivity index (χ1) is 8.11. The predicted octanol–water partition coefficient (Wildman–Crippen LogP) is 1.93. The van der Waals surface area contributed by atoms with Crippen LogP contribution in [0.5, 0.6) is 0 Å². The molecular weight excluding hydrogens is 246 g/mol. The number of halogens is 1. The van der Waals surface area contributed by atoms with Crippen LogP contribution in [-0.2, 0) is 6.61 Å². The highest BCUT2D eigenvalue weighted by atomic mass is 35.5. The summed E-state index contributed by atoms with van der Waals surface area (Å²) < 4.78 is 1.48. The van der Waals surface area contributed by atoms with E-state index in [4.69, 9.17) is 16.7 Å². The second kappa shape index (κ2) is 4.52. The summed E-state index contributed by atoms with van der Waals surface area (Å²) in [6, 6.07) is 4.37. The normalized spacial score (nSPS) is 10.5. The monoisotopic (exact) mass is 253 g/mol. The van der Waals surface area contributed by atoms with Crippen LogP contribution in [0.25, 0.3) is 5.69 Å². The molecular formula is C10H8ClN3O3. The number of rotatable bonds is 3. The Labute approximate surface area is 101 Å². The van der Waals surface area contributed by atoms with Crippen LogP contribution in [0.1, 0.15) is 5.56 Å². The maximum absolute atomic E-state index is 10.7. The summed E-state index contributed by atoms with van der Waals surface area (Å²) in [7, 11) is 0. The van der Waals surface area contributed by atoms with Crippen LogP contribution in [0.2, 0.25) is 5.02 Å². The van der Waals surface area contributed by atoms with Gasteiger partial charge in [-0.1, -0.05) is 11.6 Å². The Balaban J connectivity index is 2.48. The fourth-order valence-electron chi connectivity index (χ4n) is 1.46. The van der Waals surface area contributed by atoms with Gasteiger partial charge in [-0.15, -0.1) is 0 Å². The molecule has 88 valence electrons. The molecule has 7 heteroatoms. The predicted molar refractivity (Wildman–Crippen MR) is 61.2 cm³/mol. The molecule has 1 aromatic heterocycles. The Bertz CT molecular complexity index is 568. The number of aliphatic hydroxyl groups is 1. The number of nitro benzene ring substituents is 1. The molecule has 0 aliphatic carbocycles. The zero-order valence-electron chi connectivity index (χ0n) is 8.58. The van der Waals surface area contributed by atoms with Gasteiger partial charge in [0.15, 0.2) is 0 Å². The Morgan fingerprint density at radius 1 is 1.53 bits per heavy atom. The van der Waals surface area contributed by atoms with Crippen molar-refractivity contribution in [1.82, 2.24) is 9.78 Å². The minimum Gasteiger partial charge on any atom is -0.391 e. The van der Waals surface area contributed by atoms with Gasteiger partial charge in [-0.25, -0.2) is 4.68 Å². The van der Waals surface area contributed by atoms with Gasteiger partial charge in [0.1, 0.15) is 0 Å². The third-order valence-electron chi connectivity index (χ3n) is 2.25. The largest absolute Gasteiger partial charge is 0.391 e. The van der Waals surface area contributed by atoms with Gasteiger partial charge in [0.25, 0.3) is 5.69 Å². The Kier molecular flexibility index (Phi) is 3.08. The van der Waals surface area contributed by atoms with E-state index in [0.717, 1.165) is 0 Å². The second-order valence-electron chi connectivity index (χ2n) is 3.33. The van der Waals surface area contributed by atoms with Crippen LogP contribution in [0.4, 0.5) is 5.69 Å². The van der Waals surface area contributed by atoms with Gasteiger partial charge in [0.05, 0.1) is 34.0 Å². The number of benzene rings is 1. The van der Waals surface area contributed by atoms with E-state index in [-0.39, 0.29) is 11.3 Å². The molecule has 6 nitrogen and oxygen atoms in total. The van der Waals surface area contributed by atoms with Crippen molar-refractivity contribution in [3.8, 4) is 5.69 Å². The van der Waals surface area contributed by atoms with Crippen LogP contribution in [-0.4, -0.2) is 19.8 Å². The van der Waals surface area contributed by atoms with Gasteiger partial charge in [-0.2, -0.15) is 5.10 Å². The van der Waals surface area contributed by atoms with Crippen LogP contribution in [0.15, 0.2) is 30.6 Å². The lowest BCUT2D eigenvalue weighted by atomic mass is 10.1.